The van der Waals surface area contributed by atoms with E-state index in [9.17, 15) is 0 Å². The van der Waals surface area contributed by atoms with Gasteiger partial charge in [0, 0.05) is 25.7 Å². The lowest BCUT2D eigenvalue weighted by molar-refractivity contribution is 0.116. The Morgan fingerprint density at radius 2 is 2.00 bits per heavy atom. The van der Waals surface area contributed by atoms with Gasteiger partial charge in [0.05, 0.1) is 0 Å². The van der Waals surface area contributed by atoms with E-state index in [1.54, 1.807) is 0 Å². The summed E-state index contributed by atoms with van der Waals surface area (Å²) in [6.45, 7) is 14.3. The van der Waals surface area contributed by atoms with Crippen molar-refractivity contribution >= 4 is 0 Å². The Bertz CT molecular complexity index is 264. The molecule has 0 aromatic heterocycles. The second-order valence-corrected chi connectivity index (χ2v) is 7.36. The van der Waals surface area contributed by atoms with E-state index in [4.69, 9.17) is 5.11 Å². The van der Waals surface area contributed by atoms with E-state index in [0.717, 1.165) is 25.4 Å². The third-order valence-electron chi connectivity index (χ3n) is 5.29. The predicted octanol–water partition coefficient (Wildman–Crippen LogP) is 3.28. The smallest absolute Gasteiger partial charge is 0.0431 e. The van der Waals surface area contributed by atoms with Crippen molar-refractivity contribution in [3.8, 4) is 0 Å². The molecule has 0 aromatic rings. The number of aliphatic hydroxyl groups excluding tert-OH is 1. The Balaban J connectivity index is 2.54. The average Bonchev–Trinajstić information content (AvgIpc) is 2.90. The van der Waals surface area contributed by atoms with Crippen LogP contribution in [0.5, 0.6) is 0 Å². The molecule has 0 aliphatic carbocycles. The van der Waals surface area contributed by atoms with Crippen molar-refractivity contribution in [2.24, 2.45) is 11.3 Å². The molecule has 3 heteroatoms. The molecule has 0 spiro atoms. The van der Waals surface area contributed by atoms with Gasteiger partial charge in [0.2, 0.25) is 0 Å². The lowest BCUT2D eigenvalue weighted by atomic mass is 9.81. The van der Waals surface area contributed by atoms with Crippen LogP contribution in [0.3, 0.4) is 0 Å². The minimum atomic E-state index is 0.340. The first-order valence-electron chi connectivity index (χ1n) is 9.12. The molecular weight excluding hydrogens is 260 g/mol. The maximum atomic E-state index is 9.08. The van der Waals surface area contributed by atoms with Crippen molar-refractivity contribution in [3.05, 3.63) is 0 Å². The van der Waals surface area contributed by atoms with Gasteiger partial charge in [0.1, 0.15) is 0 Å². The van der Waals surface area contributed by atoms with Crippen molar-refractivity contribution in [1.29, 1.82) is 0 Å². The number of hydrogen-bond acceptors (Lipinski definition) is 3. The van der Waals surface area contributed by atoms with E-state index in [2.05, 4.69) is 37.9 Å². The van der Waals surface area contributed by atoms with E-state index in [1.807, 2.05) is 0 Å². The number of nitrogens with zero attached hydrogens (tertiary/aromatic N) is 1. The number of rotatable bonds is 11. The molecule has 0 aromatic carbocycles. The van der Waals surface area contributed by atoms with Gasteiger partial charge in [0.25, 0.3) is 0 Å². The van der Waals surface area contributed by atoms with Crippen LogP contribution < -0.4 is 5.32 Å². The van der Waals surface area contributed by atoms with Crippen LogP contribution in [-0.4, -0.2) is 48.8 Å². The Labute approximate surface area is 132 Å². The van der Waals surface area contributed by atoms with Crippen molar-refractivity contribution < 1.29 is 5.11 Å². The summed E-state index contributed by atoms with van der Waals surface area (Å²) in [5.74, 6) is 0.723. The molecular formula is C18H38N2O. The molecule has 1 aliphatic heterocycles. The molecule has 0 saturated carbocycles. The third kappa shape index (κ3) is 6.25. The molecule has 2 N–H and O–H groups in total. The quantitative estimate of drug-likeness (QED) is 0.614. The highest BCUT2D eigenvalue weighted by atomic mass is 16.2. The maximum Gasteiger partial charge on any atom is 0.0431 e. The van der Waals surface area contributed by atoms with Gasteiger partial charge in [-0.25, -0.2) is 0 Å². The molecule has 1 heterocycles. The van der Waals surface area contributed by atoms with Gasteiger partial charge >= 0.3 is 0 Å². The third-order valence-corrected chi connectivity index (χ3v) is 5.29. The van der Waals surface area contributed by atoms with Crippen LogP contribution in [-0.2, 0) is 0 Å². The molecule has 0 radical (unpaired) electrons. The van der Waals surface area contributed by atoms with Gasteiger partial charge in [-0.3, -0.25) is 4.90 Å². The van der Waals surface area contributed by atoms with E-state index in [0.29, 0.717) is 18.1 Å². The topological polar surface area (TPSA) is 35.5 Å². The summed E-state index contributed by atoms with van der Waals surface area (Å²) in [6, 6.07) is 0.708. The van der Waals surface area contributed by atoms with Crippen molar-refractivity contribution in [1.82, 2.24) is 10.2 Å². The summed E-state index contributed by atoms with van der Waals surface area (Å²) >= 11 is 0. The number of aliphatic hydroxyl groups is 1. The molecule has 0 bridgehead atoms. The van der Waals surface area contributed by atoms with Crippen molar-refractivity contribution in [3.63, 3.8) is 0 Å². The number of likely N-dealkylation sites (tertiary alicyclic amines) is 1. The summed E-state index contributed by atoms with van der Waals surface area (Å²) < 4.78 is 0. The molecule has 3 nitrogen and oxygen atoms in total. The number of hydrogen-bond donors (Lipinski definition) is 2. The first-order chi connectivity index (χ1) is 10.1. The first-order valence-corrected chi connectivity index (χ1v) is 9.12. The molecule has 1 unspecified atom stereocenters. The highest BCUT2D eigenvalue weighted by Crippen LogP contribution is 2.31. The van der Waals surface area contributed by atoms with E-state index >= 15 is 0 Å². The van der Waals surface area contributed by atoms with Gasteiger partial charge in [-0.15, -0.1) is 0 Å². The Kier molecular flexibility index (Phi) is 8.84. The normalized spacial score (nSPS) is 20.6. The second-order valence-electron chi connectivity index (χ2n) is 7.36. The van der Waals surface area contributed by atoms with Gasteiger partial charge in [0.15, 0.2) is 0 Å². The van der Waals surface area contributed by atoms with Crippen molar-refractivity contribution in [2.75, 3.05) is 32.8 Å². The van der Waals surface area contributed by atoms with E-state index < -0.39 is 0 Å². The van der Waals surface area contributed by atoms with Gasteiger partial charge in [-0.05, 0) is 62.9 Å². The lowest BCUT2D eigenvalue weighted by Crippen LogP contribution is -2.45. The largest absolute Gasteiger partial charge is 0.396 e. The summed E-state index contributed by atoms with van der Waals surface area (Å²) in [4.78, 5) is 2.71. The predicted molar refractivity (Wildman–Crippen MR) is 91.6 cm³/mol. The summed E-state index contributed by atoms with van der Waals surface area (Å²) in [7, 11) is 0. The summed E-state index contributed by atoms with van der Waals surface area (Å²) in [6.07, 6.45) is 7.27. The second kappa shape index (κ2) is 9.81. The SMILES string of the molecule is CCC(CC)(CNCC(C)C)CN1CCCC1CCCO. The van der Waals surface area contributed by atoms with Crippen molar-refractivity contribution in [2.45, 2.75) is 72.3 Å². The summed E-state index contributed by atoms with van der Waals surface area (Å²) in [5, 5.41) is 12.8. The highest BCUT2D eigenvalue weighted by Gasteiger charge is 2.33. The fraction of sp³-hybridized carbons (Fsp3) is 1.00. The Hall–Kier alpha value is -0.120. The van der Waals surface area contributed by atoms with E-state index in [1.165, 1.54) is 45.2 Å². The standard InChI is InChI=1S/C18H38N2O/c1-5-18(6-2,14-19-13-16(3)4)15-20-11-7-9-17(20)10-8-12-21/h16-17,19,21H,5-15H2,1-4H3. The zero-order valence-corrected chi connectivity index (χ0v) is 14.8. The zero-order valence-electron chi connectivity index (χ0n) is 14.8. The molecule has 1 rings (SSSR count). The fourth-order valence-electron chi connectivity index (χ4n) is 3.59. The van der Waals surface area contributed by atoms with Gasteiger partial charge < -0.3 is 10.4 Å². The van der Waals surface area contributed by atoms with Gasteiger partial charge in [-0.2, -0.15) is 0 Å². The molecule has 0 amide bonds. The zero-order chi connectivity index (χ0) is 15.7. The fourth-order valence-corrected chi connectivity index (χ4v) is 3.59. The van der Waals surface area contributed by atoms with Crippen LogP contribution in [0.2, 0.25) is 0 Å². The molecule has 1 fully saturated rings. The molecule has 1 saturated heterocycles. The lowest BCUT2D eigenvalue weighted by Gasteiger charge is -2.38. The van der Waals surface area contributed by atoms with Crippen LogP contribution in [0.1, 0.15) is 66.2 Å². The van der Waals surface area contributed by atoms with Crippen LogP contribution in [0, 0.1) is 11.3 Å². The van der Waals surface area contributed by atoms with Gasteiger partial charge in [-0.1, -0.05) is 27.7 Å². The molecule has 126 valence electrons. The minimum absolute atomic E-state index is 0.340. The Morgan fingerprint density at radius 1 is 1.29 bits per heavy atom. The summed E-state index contributed by atoms with van der Waals surface area (Å²) in [5.41, 5.74) is 0.413. The van der Waals surface area contributed by atoms with Crippen LogP contribution in [0.25, 0.3) is 0 Å². The first kappa shape index (κ1) is 18.9. The van der Waals surface area contributed by atoms with Crippen LogP contribution in [0.15, 0.2) is 0 Å². The highest BCUT2D eigenvalue weighted by molar-refractivity contribution is 4.88. The van der Waals surface area contributed by atoms with Crippen LogP contribution in [0.4, 0.5) is 0 Å². The molecule has 1 atom stereocenters. The van der Waals surface area contributed by atoms with E-state index in [-0.39, 0.29) is 0 Å². The average molecular weight is 299 g/mol. The molecule has 21 heavy (non-hydrogen) atoms. The van der Waals surface area contributed by atoms with Crippen LogP contribution >= 0.6 is 0 Å². The molecule has 1 aliphatic rings. The minimum Gasteiger partial charge on any atom is -0.396 e. The maximum absolute atomic E-state index is 9.08. The Morgan fingerprint density at radius 3 is 2.57 bits per heavy atom. The number of nitrogens with one attached hydrogen (secondary N) is 1. The monoisotopic (exact) mass is 298 g/mol.